The molecule has 1 N–H and O–H groups in total. The van der Waals surface area contributed by atoms with Gasteiger partial charge in [-0.1, -0.05) is 37.5 Å². The molecule has 0 aliphatic carbocycles. The minimum absolute atomic E-state index is 0.0280. The van der Waals surface area contributed by atoms with Gasteiger partial charge in [0.2, 0.25) is 5.91 Å². The van der Waals surface area contributed by atoms with Gasteiger partial charge in [-0.05, 0) is 31.9 Å². The fraction of sp³-hybridized carbons (Fsp3) is 0.529. The Balaban J connectivity index is 2.39. The summed E-state index contributed by atoms with van der Waals surface area (Å²) >= 11 is 0. The Morgan fingerprint density at radius 1 is 1.10 bits per heavy atom. The van der Waals surface area contributed by atoms with Gasteiger partial charge in [-0.15, -0.1) is 0 Å². The Hall–Kier alpha value is -1.64. The fourth-order valence-corrected chi connectivity index (χ4v) is 2.09. The van der Waals surface area contributed by atoms with Crippen LogP contribution >= 0.6 is 0 Å². The van der Waals surface area contributed by atoms with Crippen molar-refractivity contribution in [2.24, 2.45) is 0 Å². The van der Waals surface area contributed by atoms with Crippen molar-refractivity contribution in [1.82, 2.24) is 5.32 Å². The predicted octanol–water partition coefficient (Wildman–Crippen LogP) is 3.57. The van der Waals surface area contributed by atoms with Gasteiger partial charge in [0.25, 0.3) is 0 Å². The highest BCUT2D eigenvalue weighted by Crippen LogP contribution is 2.13. The summed E-state index contributed by atoms with van der Waals surface area (Å²) in [4.78, 5) is 23.7. The summed E-state index contributed by atoms with van der Waals surface area (Å²) in [6, 6.07) is 5.84. The summed E-state index contributed by atoms with van der Waals surface area (Å²) in [5.74, 6) is 0.0228. The molecule has 0 saturated carbocycles. The molecule has 0 aliphatic heterocycles. The maximum absolute atomic E-state index is 12.1. The topological polar surface area (TPSA) is 46.2 Å². The van der Waals surface area contributed by atoms with E-state index in [4.69, 9.17) is 0 Å². The minimum Gasteiger partial charge on any atom is -0.356 e. The summed E-state index contributed by atoms with van der Waals surface area (Å²) in [7, 11) is 0. The number of carbonyl (C=O) groups is 2. The highest BCUT2D eigenvalue weighted by Gasteiger charge is 2.11. The maximum Gasteiger partial charge on any atom is 0.220 e. The first kappa shape index (κ1) is 16.4. The number of hydrogen-bond donors (Lipinski definition) is 1. The number of ketones is 1. The van der Waals surface area contributed by atoms with Crippen LogP contribution in [0.2, 0.25) is 0 Å². The zero-order chi connectivity index (χ0) is 15.0. The van der Waals surface area contributed by atoms with E-state index >= 15 is 0 Å². The average Bonchev–Trinajstić information content (AvgIpc) is 2.43. The van der Waals surface area contributed by atoms with Gasteiger partial charge in [0, 0.05) is 24.9 Å². The molecule has 110 valence electrons. The van der Waals surface area contributed by atoms with E-state index in [1.807, 2.05) is 32.0 Å². The van der Waals surface area contributed by atoms with Crippen molar-refractivity contribution < 1.29 is 9.59 Å². The molecule has 1 aromatic carbocycles. The van der Waals surface area contributed by atoms with E-state index in [2.05, 4.69) is 12.2 Å². The molecule has 0 aliphatic rings. The zero-order valence-corrected chi connectivity index (χ0v) is 12.8. The molecule has 3 nitrogen and oxygen atoms in total. The number of benzene rings is 1. The monoisotopic (exact) mass is 275 g/mol. The van der Waals surface area contributed by atoms with Gasteiger partial charge in [0.05, 0.1) is 0 Å². The highest BCUT2D eigenvalue weighted by molar-refractivity contribution is 5.99. The van der Waals surface area contributed by atoms with Crippen LogP contribution < -0.4 is 5.32 Å². The van der Waals surface area contributed by atoms with Crippen molar-refractivity contribution in [2.45, 2.75) is 52.9 Å². The maximum atomic E-state index is 12.1. The number of nitrogens with one attached hydrogen (secondary N) is 1. The van der Waals surface area contributed by atoms with E-state index in [1.165, 1.54) is 0 Å². The highest BCUT2D eigenvalue weighted by atomic mass is 16.2. The average molecular weight is 275 g/mol. The van der Waals surface area contributed by atoms with Gasteiger partial charge in [-0.3, -0.25) is 9.59 Å². The molecule has 0 saturated heterocycles. The van der Waals surface area contributed by atoms with E-state index in [-0.39, 0.29) is 24.5 Å². The molecule has 1 rings (SSSR count). The normalized spacial score (nSPS) is 10.3. The van der Waals surface area contributed by atoms with E-state index in [0.29, 0.717) is 6.54 Å². The van der Waals surface area contributed by atoms with Crippen LogP contribution in [0.5, 0.6) is 0 Å². The third-order valence-corrected chi connectivity index (χ3v) is 3.38. The summed E-state index contributed by atoms with van der Waals surface area (Å²) < 4.78 is 0. The van der Waals surface area contributed by atoms with Gasteiger partial charge in [0.1, 0.15) is 0 Å². The molecule has 0 fully saturated rings. The Kier molecular flexibility index (Phi) is 6.99. The second-order valence-electron chi connectivity index (χ2n) is 5.30. The molecule has 0 atom stereocenters. The van der Waals surface area contributed by atoms with Crippen molar-refractivity contribution in [3.63, 3.8) is 0 Å². The van der Waals surface area contributed by atoms with Crippen LogP contribution in [0, 0.1) is 13.8 Å². The molecule has 0 radical (unpaired) electrons. The minimum atomic E-state index is -0.0280. The molecule has 1 amide bonds. The molecular weight excluding hydrogens is 250 g/mol. The predicted molar refractivity (Wildman–Crippen MR) is 82.0 cm³/mol. The van der Waals surface area contributed by atoms with Gasteiger partial charge in [0.15, 0.2) is 5.78 Å². The van der Waals surface area contributed by atoms with Crippen LogP contribution in [0.1, 0.15) is 60.5 Å². The van der Waals surface area contributed by atoms with E-state index in [0.717, 1.165) is 36.0 Å². The van der Waals surface area contributed by atoms with Gasteiger partial charge >= 0.3 is 0 Å². The standard InChI is InChI=1S/C17H25NO2/c1-4-5-6-11-18-17(20)10-9-16(19)15-12-13(2)7-8-14(15)3/h7-8,12H,4-6,9-11H2,1-3H3,(H,18,20). The lowest BCUT2D eigenvalue weighted by Gasteiger charge is -2.07. The van der Waals surface area contributed by atoms with Crippen LogP contribution in [0.25, 0.3) is 0 Å². The van der Waals surface area contributed by atoms with Crippen LogP contribution in [-0.2, 0) is 4.79 Å². The van der Waals surface area contributed by atoms with Crippen LogP contribution in [0.15, 0.2) is 18.2 Å². The van der Waals surface area contributed by atoms with Crippen molar-refractivity contribution in [1.29, 1.82) is 0 Å². The number of rotatable bonds is 8. The number of carbonyl (C=O) groups excluding carboxylic acids is 2. The summed E-state index contributed by atoms with van der Waals surface area (Å²) in [5, 5.41) is 2.86. The molecule has 1 aromatic rings. The SMILES string of the molecule is CCCCCNC(=O)CCC(=O)c1cc(C)ccc1C. The number of aryl methyl sites for hydroxylation is 2. The van der Waals surface area contributed by atoms with E-state index < -0.39 is 0 Å². The molecule has 3 heteroatoms. The first-order valence-corrected chi connectivity index (χ1v) is 7.41. The Morgan fingerprint density at radius 3 is 2.55 bits per heavy atom. The second-order valence-corrected chi connectivity index (χ2v) is 5.30. The third-order valence-electron chi connectivity index (χ3n) is 3.38. The molecule has 0 bridgehead atoms. The third kappa shape index (κ3) is 5.55. The smallest absolute Gasteiger partial charge is 0.220 e. The Morgan fingerprint density at radius 2 is 1.85 bits per heavy atom. The molecule has 0 heterocycles. The molecule has 0 unspecified atom stereocenters. The fourth-order valence-electron chi connectivity index (χ4n) is 2.09. The summed E-state index contributed by atoms with van der Waals surface area (Å²) in [6.45, 7) is 6.74. The van der Waals surface area contributed by atoms with E-state index in [9.17, 15) is 9.59 Å². The van der Waals surface area contributed by atoms with Crippen LogP contribution in [0.4, 0.5) is 0 Å². The molecule has 0 spiro atoms. The van der Waals surface area contributed by atoms with Crippen LogP contribution in [-0.4, -0.2) is 18.2 Å². The Bertz CT molecular complexity index is 466. The van der Waals surface area contributed by atoms with Gasteiger partial charge in [-0.2, -0.15) is 0 Å². The van der Waals surface area contributed by atoms with Gasteiger partial charge < -0.3 is 5.32 Å². The summed E-state index contributed by atoms with van der Waals surface area (Å²) in [5.41, 5.74) is 2.79. The second kappa shape index (κ2) is 8.51. The van der Waals surface area contributed by atoms with E-state index in [1.54, 1.807) is 0 Å². The number of unbranched alkanes of at least 4 members (excludes halogenated alkanes) is 2. The first-order chi connectivity index (χ1) is 9.54. The number of hydrogen-bond acceptors (Lipinski definition) is 2. The van der Waals surface area contributed by atoms with Crippen molar-refractivity contribution >= 4 is 11.7 Å². The largest absolute Gasteiger partial charge is 0.356 e. The van der Waals surface area contributed by atoms with Crippen molar-refractivity contribution in [3.05, 3.63) is 34.9 Å². The lowest BCUT2D eigenvalue weighted by atomic mass is 9.99. The molecular formula is C17H25NO2. The lowest BCUT2D eigenvalue weighted by Crippen LogP contribution is -2.24. The quantitative estimate of drug-likeness (QED) is 0.582. The Labute approximate surface area is 121 Å². The number of Topliss-reactive ketones (excluding diaryl/α,β-unsaturated/α-hetero) is 1. The van der Waals surface area contributed by atoms with Crippen molar-refractivity contribution in [2.75, 3.05) is 6.54 Å². The van der Waals surface area contributed by atoms with Gasteiger partial charge in [-0.25, -0.2) is 0 Å². The molecule has 20 heavy (non-hydrogen) atoms. The van der Waals surface area contributed by atoms with Crippen molar-refractivity contribution in [3.8, 4) is 0 Å². The first-order valence-electron chi connectivity index (χ1n) is 7.41. The zero-order valence-electron chi connectivity index (χ0n) is 12.8. The molecule has 0 aromatic heterocycles. The summed E-state index contributed by atoms with van der Waals surface area (Å²) in [6.07, 6.45) is 3.83. The lowest BCUT2D eigenvalue weighted by molar-refractivity contribution is -0.121. The van der Waals surface area contributed by atoms with Crippen LogP contribution in [0.3, 0.4) is 0 Å². The number of amides is 1.